The van der Waals surface area contributed by atoms with Gasteiger partial charge >= 0.3 is 0 Å². The molecule has 1 aliphatic heterocycles. The lowest BCUT2D eigenvalue weighted by atomic mass is 9.91. The summed E-state index contributed by atoms with van der Waals surface area (Å²) in [5.74, 6) is -0.880. The van der Waals surface area contributed by atoms with Gasteiger partial charge in [-0.15, -0.1) is 0 Å². The lowest BCUT2D eigenvalue weighted by Crippen LogP contribution is -2.40. The molecule has 2 heterocycles. The monoisotopic (exact) mass is 388 g/mol. The minimum Gasteiger partial charge on any atom is -0.356 e. The van der Waals surface area contributed by atoms with Gasteiger partial charge in [-0.1, -0.05) is 30.3 Å². The number of halogens is 2. The average molecular weight is 388 g/mol. The highest BCUT2D eigenvalue weighted by atomic mass is 19.1. The Hall–Kier alpha value is -3.47. The van der Waals surface area contributed by atoms with Gasteiger partial charge in [0.2, 0.25) is 0 Å². The Morgan fingerprint density at radius 1 is 0.897 bits per heavy atom. The number of fused-ring (bicyclic) bond motifs is 3. The molecule has 1 aliphatic rings. The van der Waals surface area contributed by atoms with Crippen LogP contribution in [0, 0.1) is 11.6 Å². The van der Waals surface area contributed by atoms with Gasteiger partial charge in [-0.2, -0.15) is 0 Å². The summed E-state index contributed by atoms with van der Waals surface area (Å²) in [4.78, 5) is 18.6. The summed E-state index contributed by atoms with van der Waals surface area (Å²) in [5, 5.41) is 1.14. The van der Waals surface area contributed by atoms with Gasteiger partial charge in [0.1, 0.15) is 11.6 Å². The lowest BCUT2D eigenvalue weighted by Gasteiger charge is -2.36. The minimum absolute atomic E-state index is 0.177. The molecule has 5 rings (SSSR count). The van der Waals surface area contributed by atoms with Crippen LogP contribution in [-0.4, -0.2) is 22.3 Å². The number of carbonyl (C=O) groups is 1. The predicted molar refractivity (Wildman–Crippen MR) is 108 cm³/mol. The van der Waals surface area contributed by atoms with E-state index < -0.39 is 0 Å². The number of rotatable bonds is 2. The molecule has 1 atom stereocenters. The van der Waals surface area contributed by atoms with Gasteiger partial charge in [-0.25, -0.2) is 8.78 Å². The molecule has 1 amide bonds. The molecule has 144 valence electrons. The summed E-state index contributed by atoms with van der Waals surface area (Å²) in [7, 11) is 0. The zero-order valence-electron chi connectivity index (χ0n) is 15.5. The molecule has 0 fully saturated rings. The van der Waals surface area contributed by atoms with E-state index in [1.165, 1.54) is 42.0 Å². The standard InChI is InChI=1S/C24H18F2N2O/c25-17-9-5-15(6-10-17)23-22-20(19-3-1-2-4-21(19)27-22)13-14-28(23)24(29)16-7-11-18(26)12-8-16/h1-12,23,27H,13-14H2/t23-/m1/s1. The highest BCUT2D eigenvalue weighted by Gasteiger charge is 2.34. The normalized spacial score (nSPS) is 16.1. The molecule has 3 nitrogen and oxygen atoms in total. The van der Waals surface area contributed by atoms with Gasteiger partial charge in [0.05, 0.1) is 6.04 Å². The van der Waals surface area contributed by atoms with E-state index in [2.05, 4.69) is 11.1 Å². The van der Waals surface area contributed by atoms with Gasteiger partial charge in [0.15, 0.2) is 0 Å². The van der Waals surface area contributed by atoms with Gasteiger partial charge in [0.25, 0.3) is 5.91 Å². The van der Waals surface area contributed by atoms with E-state index in [0.717, 1.165) is 22.2 Å². The molecule has 1 N–H and O–H groups in total. The van der Waals surface area contributed by atoms with Crippen molar-refractivity contribution in [3.8, 4) is 0 Å². The minimum atomic E-state index is -0.381. The predicted octanol–water partition coefficient (Wildman–Crippen LogP) is 5.23. The SMILES string of the molecule is O=C(c1ccc(F)cc1)N1CCc2c([nH]c3ccccc23)[C@H]1c1ccc(F)cc1. The third kappa shape index (κ3) is 2.99. The second kappa shape index (κ2) is 6.85. The van der Waals surface area contributed by atoms with Gasteiger partial charge in [0, 0.05) is 28.7 Å². The Morgan fingerprint density at radius 2 is 1.55 bits per heavy atom. The summed E-state index contributed by atoms with van der Waals surface area (Å²) in [6.45, 7) is 0.521. The maximum absolute atomic E-state index is 13.6. The summed E-state index contributed by atoms with van der Waals surface area (Å²) in [6, 6.07) is 19.5. The van der Waals surface area contributed by atoms with E-state index in [0.29, 0.717) is 18.5 Å². The van der Waals surface area contributed by atoms with Crippen molar-refractivity contribution in [2.75, 3.05) is 6.54 Å². The van der Waals surface area contributed by atoms with Crippen LogP contribution in [0.25, 0.3) is 10.9 Å². The first-order valence-electron chi connectivity index (χ1n) is 9.53. The van der Waals surface area contributed by atoms with Crippen molar-refractivity contribution in [3.63, 3.8) is 0 Å². The first kappa shape index (κ1) is 17.6. The number of nitrogens with zero attached hydrogens (tertiary/aromatic N) is 1. The van der Waals surface area contributed by atoms with Crippen molar-refractivity contribution in [1.29, 1.82) is 0 Å². The average Bonchev–Trinajstić information content (AvgIpc) is 3.12. The molecule has 0 radical (unpaired) electrons. The summed E-state index contributed by atoms with van der Waals surface area (Å²) in [5.41, 5.74) is 4.39. The number of benzene rings is 3. The molecular weight excluding hydrogens is 370 g/mol. The van der Waals surface area contributed by atoms with E-state index >= 15 is 0 Å². The summed E-state index contributed by atoms with van der Waals surface area (Å²) >= 11 is 0. The lowest BCUT2D eigenvalue weighted by molar-refractivity contribution is 0.0692. The number of hydrogen-bond acceptors (Lipinski definition) is 1. The fourth-order valence-electron chi connectivity index (χ4n) is 4.21. The van der Waals surface area contributed by atoms with Crippen molar-refractivity contribution in [2.24, 2.45) is 0 Å². The van der Waals surface area contributed by atoms with E-state index in [1.54, 1.807) is 17.0 Å². The summed E-state index contributed by atoms with van der Waals surface area (Å²) in [6.07, 6.45) is 0.712. The quantitative estimate of drug-likeness (QED) is 0.501. The van der Waals surface area contributed by atoms with Crippen molar-refractivity contribution >= 4 is 16.8 Å². The molecule has 0 saturated heterocycles. The number of para-hydroxylation sites is 1. The highest BCUT2D eigenvalue weighted by Crippen LogP contribution is 2.39. The molecule has 1 aromatic heterocycles. The maximum atomic E-state index is 13.6. The molecule has 29 heavy (non-hydrogen) atoms. The number of aromatic amines is 1. The van der Waals surface area contributed by atoms with Crippen LogP contribution in [0.15, 0.2) is 72.8 Å². The van der Waals surface area contributed by atoms with E-state index in [-0.39, 0.29) is 23.6 Å². The number of nitrogens with one attached hydrogen (secondary N) is 1. The van der Waals surface area contributed by atoms with Crippen LogP contribution >= 0.6 is 0 Å². The number of H-pyrrole nitrogens is 1. The molecule has 0 unspecified atom stereocenters. The second-order valence-corrected chi connectivity index (χ2v) is 7.27. The molecular formula is C24H18F2N2O. The van der Waals surface area contributed by atoms with Crippen LogP contribution in [0.3, 0.4) is 0 Å². The number of aromatic nitrogens is 1. The molecule has 0 bridgehead atoms. The first-order valence-corrected chi connectivity index (χ1v) is 9.53. The van der Waals surface area contributed by atoms with Crippen LogP contribution in [0.2, 0.25) is 0 Å². The Balaban J connectivity index is 1.65. The molecule has 0 aliphatic carbocycles. The van der Waals surface area contributed by atoms with Crippen LogP contribution in [0.1, 0.15) is 33.2 Å². The topological polar surface area (TPSA) is 36.1 Å². The Labute approximate surface area is 166 Å². The van der Waals surface area contributed by atoms with E-state index in [4.69, 9.17) is 0 Å². The van der Waals surface area contributed by atoms with Crippen molar-refractivity contribution in [3.05, 3.63) is 107 Å². The molecule has 4 aromatic rings. The highest BCUT2D eigenvalue weighted by molar-refractivity contribution is 5.95. The third-order valence-electron chi connectivity index (χ3n) is 5.57. The third-order valence-corrected chi connectivity index (χ3v) is 5.57. The van der Waals surface area contributed by atoms with E-state index in [1.807, 2.05) is 18.2 Å². The Bertz CT molecular complexity index is 1200. The smallest absolute Gasteiger partial charge is 0.254 e. The molecule has 0 saturated carbocycles. The molecule has 0 spiro atoms. The van der Waals surface area contributed by atoms with Crippen LogP contribution in [-0.2, 0) is 6.42 Å². The Kier molecular flexibility index (Phi) is 4.16. The second-order valence-electron chi connectivity index (χ2n) is 7.27. The number of amides is 1. The first-order chi connectivity index (χ1) is 14.1. The zero-order chi connectivity index (χ0) is 20.0. The fraction of sp³-hybridized carbons (Fsp3) is 0.125. The van der Waals surface area contributed by atoms with Crippen LogP contribution < -0.4 is 0 Å². The summed E-state index contributed by atoms with van der Waals surface area (Å²) < 4.78 is 26.9. The van der Waals surface area contributed by atoms with Gasteiger partial charge in [-0.3, -0.25) is 4.79 Å². The zero-order valence-corrected chi connectivity index (χ0v) is 15.5. The van der Waals surface area contributed by atoms with Gasteiger partial charge in [-0.05, 0) is 60.0 Å². The van der Waals surface area contributed by atoms with Crippen LogP contribution in [0.5, 0.6) is 0 Å². The maximum Gasteiger partial charge on any atom is 0.254 e. The number of hydrogen-bond donors (Lipinski definition) is 1. The van der Waals surface area contributed by atoms with Crippen LogP contribution in [0.4, 0.5) is 8.78 Å². The number of carbonyl (C=O) groups excluding carboxylic acids is 1. The van der Waals surface area contributed by atoms with Gasteiger partial charge < -0.3 is 9.88 Å². The molecule has 5 heteroatoms. The van der Waals surface area contributed by atoms with E-state index in [9.17, 15) is 13.6 Å². The van der Waals surface area contributed by atoms with Crippen molar-refractivity contribution in [2.45, 2.75) is 12.5 Å². The largest absolute Gasteiger partial charge is 0.356 e. The van der Waals surface area contributed by atoms with Crippen molar-refractivity contribution in [1.82, 2.24) is 9.88 Å². The fourth-order valence-corrected chi connectivity index (χ4v) is 4.21. The Morgan fingerprint density at radius 3 is 2.28 bits per heavy atom. The molecule has 3 aromatic carbocycles. The van der Waals surface area contributed by atoms with Crippen molar-refractivity contribution < 1.29 is 13.6 Å².